The molecule has 0 atom stereocenters. The van der Waals surface area contributed by atoms with Gasteiger partial charge in [0.1, 0.15) is 0 Å². The van der Waals surface area contributed by atoms with Crippen molar-refractivity contribution in [2.24, 2.45) is 0 Å². The molecule has 2 N–H and O–H groups in total. The molecule has 0 aliphatic carbocycles. The Labute approximate surface area is 96.6 Å². The van der Waals surface area contributed by atoms with E-state index in [2.05, 4.69) is 15.9 Å². The average Bonchev–Trinajstić information content (AvgIpc) is 2.21. The van der Waals surface area contributed by atoms with E-state index in [4.69, 9.17) is 17.3 Å². The molecule has 0 spiro atoms. The van der Waals surface area contributed by atoms with Crippen molar-refractivity contribution in [3.8, 4) is 0 Å². The highest BCUT2D eigenvalue weighted by molar-refractivity contribution is 9.08. The lowest BCUT2D eigenvalue weighted by molar-refractivity contribution is -0.116. The molecule has 4 heteroatoms. The van der Waals surface area contributed by atoms with Crippen molar-refractivity contribution in [3.63, 3.8) is 0 Å². The third-order valence-corrected chi connectivity index (χ3v) is 2.84. The van der Waals surface area contributed by atoms with Crippen molar-refractivity contribution in [2.45, 2.75) is 11.8 Å². The second-order valence-corrected chi connectivity index (χ2v) is 3.84. The minimum absolute atomic E-state index is 0.00918. The van der Waals surface area contributed by atoms with Crippen molar-refractivity contribution >= 4 is 39.0 Å². The Hall–Kier alpha value is -0.540. The highest BCUT2D eigenvalue weighted by Gasteiger charge is 2.06. The molecular formula is C10H11BrClNO. The average molecular weight is 277 g/mol. The molecule has 0 amide bonds. The number of benzene rings is 1. The van der Waals surface area contributed by atoms with Crippen LogP contribution in [-0.4, -0.2) is 11.7 Å². The SMILES string of the molecule is Nc1ccc(CBr)cc1CC(=O)CCl. The largest absolute Gasteiger partial charge is 0.398 e. The molecule has 0 radical (unpaired) electrons. The predicted octanol–water partition coefficient (Wildman–Crippen LogP) is 2.51. The maximum Gasteiger partial charge on any atom is 0.152 e. The van der Waals surface area contributed by atoms with Gasteiger partial charge >= 0.3 is 0 Å². The Morgan fingerprint density at radius 3 is 2.79 bits per heavy atom. The van der Waals surface area contributed by atoms with E-state index in [0.29, 0.717) is 12.1 Å². The van der Waals surface area contributed by atoms with Gasteiger partial charge in [-0.3, -0.25) is 4.79 Å². The monoisotopic (exact) mass is 275 g/mol. The fourth-order valence-electron chi connectivity index (χ4n) is 1.15. The smallest absolute Gasteiger partial charge is 0.152 e. The molecule has 1 rings (SSSR count). The van der Waals surface area contributed by atoms with Gasteiger partial charge in [0.15, 0.2) is 5.78 Å². The number of carbonyl (C=O) groups is 1. The molecule has 0 bridgehead atoms. The summed E-state index contributed by atoms with van der Waals surface area (Å²) in [5.41, 5.74) is 8.35. The van der Waals surface area contributed by atoms with Crippen LogP contribution in [0.15, 0.2) is 18.2 Å². The molecular weight excluding hydrogens is 265 g/mol. The number of nitrogen functional groups attached to an aromatic ring is 1. The molecule has 0 unspecified atom stereocenters. The predicted molar refractivity (Wildman–Crippen MR) is 62.9 cm³/mol. The van der Waals surface area contributed by atoms with Gasteiger partial charge in [-0.15, -0.1) is 11.6 Å². The third kappa shape index (κ3) is 3.00. The van der Waals surface area contributed by atoms with Crippen LogP contribution in [0.1, 0.15) is 11.1 Å². The van der Waals surface area contributed by atoms with Crippen LogP contribution in [0, 0.1) is 0 Å². The van der Waals surface area contributed by atoms with Crippen molar-refractivity contribution in [1.82, 2.24) is 0 Å². The lowest BCUT2D eigenvalue weighted by Crippen LogP contribution is -2.06. The van der Waals surface area contributed by atoms with E-state index in [-0.39, 0.29) is 11.7 Å². The number of hydrogen-bond acceptors (Lipinski definition) is 2. The van der Waals surface area contributed by atoms with E-state index in [1.54, 1.807) is 0 Å². The summed E-state index contributed by atoms with van der Waals surface area (Å²) < 4.78 is 0. The number of nitrogens with two attached hydrogens (primary N) is 1. The first-order valence-electron chi connectivity index (χ1n) is 4.18. The van der Waals surface area contributed by atoms with Crippen LogP contribution in [0.5, 0.6) is 0 Å². The van der Waals surface area contributed by atoms with Crippen molar-refractivity contribution in [1.29, 1.82) is 0 Å². The van der Waals surface area contributed by atoms with Crippen LogP contribution in [0.4, 0.5) is 5.69 Å². The molecule has 0 aliphatic rings. The highest BCUT2D eigenvalue weighted by atomic mass is 79.9. The molecule has 14 heavy (non-hydrogen) atoms. The van der Waals surface area contributed by atoms with Gasteiger partial charge in [0.25, 0.3) is 0 Å². The molecule has 76 valence electrons. The zero-order chi connectivity index (χ0) is 10.6. The second kappa shape index (κ2) is 5.37. The molecule has 1 aromatic carbocycles. The van der Waals surface area contributed by atoms with E-state index in [1.165, 1.54) is 0 Å². The molecule has 0 fully saturated rings. The van der Waals surface area contributed by atoms with Crippen molar-refractivity contribution < 1.29 is 4.79 Å². The molecule has 2 nitrogen and oxygen atoms in total. The zero-order valence-electron chi connectivity index (χ0n) is 7.59. The molecule has 0 saturated carbocycles. The summed E-state index contributed by atoms with van der Waals surface area (Å²) in [5.74, 6) is 0.0305. The number of hydrogen-bond donors (Lipinski definition) is 1. The van der Waals surface area contributed by atoms with Gasteiger partial charge in [0.05, 0.1) is 5.88 Å². The van der Waals surface area contributed by atoms with E-state index in [9.17, 15) is 4.79 Å². The summed E-state index contributed by atoms with van der Waals surface area (Å²) in [4.78, 5) is 11.1. The third-order valence-electron chi connectivity index (χ3n) is 1.90. The van der Waals surface area contributed by atoms with Gasteiger partial charge in [-0.05, 0) is 17.2 Å². The van der Waals surface area contributed by atoms with Gasteiger partial charge in [0.2, 0.25) is 0 Å². The topological polar surface area (TPSA) is 43.1 Å². The Balaban J connectivity index is 2.89. The van der Waals surface area contributed by atoms with Crippen LogP contribution < -0.4 is 5.73 Å². The van der Waals surface area contributed by atoms with Crippen molar-refractivity contribution in [2.75, 3.05) is 11.6 Å². The zero-order valence-corrected chi connectivity index (χ0v) is 9.94. The molecule has 1 aromatic rings. The summed E-state index contributed by atoms with van der Waals surface area (Å²) in [6, 6.07) is 5.67. The summed E-state index contributed by atoms with van der Waals surface area (Å²) in [6.07, 6.45) is 0.316. The lowest BCUT2D eigenvalue weighted by atomic mass is 10.0. The minimum Gasteiger partial charge on any atom is -0.398 e. The van der Waals surface area contributed by atoms with Gasteiger partial charge in [0, 0.05) is 17.4 Å². The number of alkyl halides is 2. The van der Waals surface area contributed by atoms with Crippen LogP contribution in [0.3, 0.4) is 0 Å². The first-order chi connectivity index (χ1) is 6.67. The number of halogens is 2. The Morgan fingerprint density at radius 1 is 1.50 bits per heavy atom. The van der Waals surface area contributed by atoms with Gasteiger partial charge in [-0.25, -0.2) is 0 Å². The Kier molecular flexibility index (Phi) is 4.42. The van der Waals surface area contributed by atoms with Crippen LogP contribution in [0.2, 0.25) is 0 Å². The quantitative estimate of drug-likeness (QED) is 0.678. The summed E-state index contributed by atoms with van der Waals surface area (Å²) in [5, 5.41) is 0.759. The minimum atomic E-state index is -0.00918. The first kappa shape index (κ1) is 11.5. The number of anilines is 1. The number of Topliss-reactive ketones (excluding diaryl/α,β-unsaturated/α-hetero) is 1. The highest BCUT2D eigenvalue weighted by Crippen LogP contribution is 2.17. The van der Waals surface area contributed by atoms with E-state index < -0.39 is 0 Å². The maximum absolute atomic E-state index is 11.1. The second-order valence-electron chi connectivity index (χ2n) is 3.02. The van der Waals surface area contributed by atoms with Crippen LogP contribution in [-0.2, 0) is 16.5 Å². The van der Waals surface area contributed by atoms with Gasteiger partial charge in [-0.2, -0.15) is 0 Å². The number of carbonyl (C=O) groups excluding carboxylic acids is 1. The lowest BCUT2D eigenvalue weighted by Gasteiger charge is -2.05. The molecule has 0 aromatic heterocycles. The molecule has 0 aliphatic heterocycles. The molecule has 0 heterocycles. The standard InChI is InChI=1S/C10H11BrClNO/c11-5-7-1-2-10(13)8(3-7)4-9(14)6-12/h1-3H,4-6,13H2. The van der Waals surface area contributed by atoms with Crippen LogP contribution >= 0.6 is 27.5 Å². The number of rotatable bonds is 4. The van der Waals surface area contributed by atoms with E-state index >= 15 is 0 Å². The van der Waals surface area contributed by atoms with Crippen molar-refractivity contribution in [3.05, 3.63) is 29.3 Å². The Morgan fingerprint density at radius 2 is 2.21 bits per heavy atom. The molecule has 0 saturated heterocycles. The summed E-state index contributed by atoms with van der Waals surface area (Å²) in [6.45, 7) is 0. The normalized spacial score (nSPS) is 10.1. The fraction of sp³-hybridized carbons (Fsp3) is 0.300. The maximum atomic E-state index is 11.1. The van der Waals surface area contributed by atoms with Gasteiger partial charge in [-0.1, -0.05) is 28.1 Å². The first-order valence-corrected chi connectivity index (χ1v) is 5.84. The summed E-state index contributed by atoms with van der Waals surface area (Å²) in [7, 11) is 0. The van der Waals surface area contributed by atoms with Gasteiger partial charge < -0.3 is 5.73 Å². The van der Waals surface area contributed by atoms with Crippen LogP contribution in [0.25, 0.3) is 0 Å². The summed E-state index contributed by atoms with van der Waals surface area (Å²) >= 11 is 8.78. The van der Waals surface area contributed by atoms with E-state index in [0.717, 1.165) is 16.5 Å². The van der Waals surface area contributed by atoms with E-state index in [1.807, 2.05) is 18.2 Å². The fourth-order valence-corrected chi connectivity index (χ4v) is 1.60. The Bertz CT molecular complexity index is 341. The number of ketones is 1.